The van der Waals surface area contributed by atoms with Gasteiger partial charge >= 0.3 is 0 Å². The van der Waals surface area contributed by atoms with Crippen molar-refractivity contribution in [2.45, 2.75) is 0 Å². The Kier molecular flexibility index (Phi) is 5.01. The fourth-order valence-electron chi connectivity index (χ4n) is 2.92. The maximum Gasteiger partial charge on any atom is 0.257 e. The van der Waals surface area contributed by atoms with Crippen molar-refractivity contribution in [1.82, 2.24) is 9.97 Å². The topological polar surface area (TPSA) is 79.1 Å². The average Bonchev–Trinajstić information content (AvgIpc) is 3.09. The smallest absolute Gasteiger partial charge is 0.257 e. The van der Waals surface area contributed by atoms with Gasteiger partial charge in [0.15, 0.2) is 16.3 Å². The Morgan fingerprint density at radius 3 is 2.48 bits per heavy atom. The molecule has 8 heteroatoms. The van der Waals surface area contributed by atoms with Gasteiger partial charge in [0.05, 0.1) is 23.7 Å². The van der Waals surface area contributed by atoms with E-state index in [-0.39, 0.29) is 5.56 Å². The molecule has 3 aromatic carbocycles. The van der Waals surface area contributed by atoms with Crippen LogP contribution in [-0.2, 0) is 0 Å². The van der Waals surface area contributed by atoms with Crippen LogP contribution >= 0.6 is 12.2 Å². The van der Waals surface area contributed by atoms with Gasteiger partial charge < -0.3 is 24.8 Å². The maximum absolute atomic E-state index is 13.9. The van der Waals surface area contributed by atoms with E-state index in [2.05, 4.69) is 15.3 Å². The number of carbonyl (C=O) groups excluding carboxylic acids is 1. The number of aromatic amines is 2. The van der Waals surface area contributed by atoms with Gasteiger partial charge in [-0.1, -0.05) is 12.1 Å². The van der Waals surface area contributed by atoms with Crippen LogP contribution in [0.4, 0.5) is 10.1 Å². The van der Waals surface area contributed by atoms with Crippen LogP contribution in [0.25, 0.3) is 11.0 Å². The van der Waals surface area contributed by atoms with Gasteiger partial charge in [0, 0.05) is 5.69 Å². The van der Waals surface area contributed by atoms with Gasteiger partial charge in [-0.3, -0.25) is 4.79 Å². The summed E-state index contributed by atoms with van der Waals surface area (Å²) < 4.78 is 25.2. The predicted octanol–water partition coefficient (Wildman–Crippen LogP) is 5.42. The van der Waals surface area contributed by atoms with Crippen molar-refractivity contribution in [3.8, 4) is 17.2 Å². The lowest BCUT2D eigenvalue weighted by molar-refractivity contribution is 0.102. The van der Waals surface area contributed by atoms with E-state index in [4.69, 9.17) is 21.7 Å². The van der Waals surface area contributed by atoms with Gasteiger partial charge in [-0.25, -0.2) is 4.39 Å². The third-order valence-corrected chi connectivity index (χ3v) is 4.45. The summed E-state index contributed by atoms with van der Waals surface area (Å²) in [5.74, 6) is 0.780. The van der Waals surface area contributed by atoms with E-state index in [1.165, 1.54) is 6.07 Å². The second kappa shape index (κ2) is 7.76. The second-order valence-corrected chi connectivity index (χ2v) is 6.59. The number of benzene rings is 3. The number of methoxy groups -OCH3 is 1. The number of rotatable bonds is 5. The van der Waals surface area contributed by atoms with E-state index >= 15 is 0 Å². The van der Waals surface area contributed by atoms with Crippen LogP contribution in [0, 0.1) is 10.6 Å². The summed E-state index contributed by atoms with van der Waals surface area (Å²) in [6, 6.07) is 16.6. The third kappa shape index (κ3) is 3.97. The molecule has 0 aliphatic carbocycles. The largest absolute Gasteiger partial charge is 0.493 e. The molecule has 0 aliphatic rings. The first-order chi connectivity index (χ1) is 14.0. The van der Waals surface area contributed by atoms with Gasteiger partial charge in [0.25, 0.3) is 5.91 Å². The molecular weight excluding hydrogens is 393 g/mol. The highest BCUT2D eigenvalue weighted by Crippen LogP contribution is 2.31. The van der Waals surface area contributed by atoms with Crippen LogP contribution in [-0.4, -0.2) is 23.0 Å². The standard InChI is InChI=1S/C21H16FN3O3S/c1-27-17-4-2-3-5-18(17)28-14-8-6-13(7-9-14)23-20(26)15-10-12(22)11-16-19(15)25-21(29)24-16/h2-11H,1H3,(H,23,26)(H2,24,25,29). The molecule has 0 spiro atoms. The van der Waals surface area contributed by atoms with Crippen molar-refractivity contribution in [3.05, 3.63) is 76.8 Å². The molecular formula is C21H16FN3O3S. The summed E-state index contributed by atoms with van der Waals surface area (Å²) in [7, 11) is 1.57. The van der Waals surface area contributed by atoms with Gasteiger partial charge in [-0.05, 0) is 60.7 Å². The molecule has 0 saturated carbocycles. The van der Waals surface area contributed by atoms with E-state index in [9.17, 15) is 9.18 Å². The van der Waals surface area contributed by atoms with Crippen LogP contribution in [0.5, 0.6) is 17.2 Å². The van der Waals surface area contributed by atoms with Crippen molar-refractivity contribution in [2.75, 3.05) is 12.4 Å². The second-order valence-electron chi connectivity index (χ2n) is 6.19. The Labute approximate surface area is 170 Å². The van der Waals surface area contributed by atoms with Gasteiger partial charge in [-0.15, -0.1) is 0 Å². The van der Waals surface area contributed by atoms with Crippen LogP contribution in [0.1, 0.15) is 10.4 Å². The predicted molar refractivity (Wildman–Crippen MR) is 111 cm³/mol. The zero-order valence-electron chi connectivity index (χ0n) is 15.3. The lowest BCUT2D eigenvalue weighted by atomic mass is 10.1. The zero-order valence-corrected chi connectivity index (χ0v) is 16.1. The monoisotopic (exact) mass is 409 g/mol. The van der Waals surface area contributed by atoms with Crippen LogP contribution in [0.2, 0.25) is 0 Å². The first kappa shape index (κ1) is 18.7. The summed E-state index contributed by atoms with van der Waals surface area (Å²) in [4.78, 5) is 18.3. The maximum atomic E-state index is 13.9. The number of carbonyl (C=O) groups is 1. The van der Waals surface area contributed by atoms with Crippen LogP contribution in [0.3, 0.4) is 0 Å². The quantitative estimate of drug-likeness (QED) is 0.385. The van der Waals surface area contributed by atoms with E-state index < -0.39 is 11.7 Å². The summed E-state index contributed by atoms with van der Waals surface area (Å²) >= 11 is 5.03. The minimum atomic E-state index is -0.534. The number of H-pyrrole nitrogens is 2. The average molecular weight is 409 g/mol. The van der Waals surface area contributed by atoms with Crippen LogP contribution < -0.4 is 14.8 Å². The summed E-state index contributed by atoms with van der Waals surface area (Å²) in [6.07, 6.45) is 0. The molecule has 0 unspecified atom stereocenters. The Bertz CT molecular complexity index is 1250. The first-order valence-corrected chi connectivity index (χ1v) is 9.08. The highest BCUT2D eigenvalue weighted by molar-refractivity contribution is 7.71. The molecule has 0 fully saturated rings. The Balaban J connectivity index is 1.53. The number of hydrogen-bond donors (Lipinski definition) is 3. The number of para-hydroxylation sites is 2. The van der Waals surface area contributed by atoms with Crippen molar-refractivity contribution < 1.29 is 18.7 Å². The minimum absolute atomic E-state index is 0.154. The molecule has 146 valence electrons. The summed E-state index contributed by atoms with van der Waals surface area (Å²) in [6.45, 7) is 0. The molecule has 4 aromatic rings. The molecule has 3 N–H and O–H groups in total. The molecule has 1 heterocycles. The molecule has 0 radical (unpaired) electrons. The number of ether oxygens (including phenoxy) is 2. The lowest BCUT2D eigenvalue weighted by Gasteiger charge is -2.11. The van der Waals surface area contributed by atoms with Gasteiger partial charge in [0.1, 0.15) is 11.6 Å². The Morgan fingerprint density at radius 1 is 1.03 bits per heavy atom. The molecule has 1 amide bonds. The fraction of sp³-hybridized carbons (Fsp3) is 0.0476. The molecule has 0 atom stereocenters. The van der Waals surface area contributed by atoms with Crippen LogP contribution in [0.15, 0.2) is 60.7 Å². The molecule has 6 nitrogen and oxygen atoms in total. The van der Waals surface area contributed by atoms with Gasteiger partial charge in [0.2, 0.25) is 0 Å². The summed E-state index contributed by atoms with van der Waals surface area (Å²) in [5, 5.41) is 2.75. The fourth-order valence-corrected chi connectivity index (χ4v) is 3.13. The van der Waals surface area contributed by atoms with E-state index in [1.54, 1.807) is 43.5 Å². The lowest BCUT2D eigenvalue weighted by Crippen LogP contribution is -2.12. The number of halogens is 1. The van der Waals surface area contributed by atoms with Crippen molar-refractivity contribution >= 4 is 34.8 Å². The molecule has 29 heavy (non-hydrogen) atoms. The molecule has 0 saturated heterocycles. The normalized spacial score (nSPS) is 10.7. The number of anilines is 1. The van der Waals surface area contributed by atoms with Crippen molar-refractivity contribution in [1.29, 1.82) is 0 Å². The van der Waals surface area contributed by atoms with Gasteiger partial charge in [-0.2, -0.15) is 0 Å². The molecule has 1 aromatic heterocycles. The molecule has 0 aliphatic heterocycles. The van der Waals surface area contributed by atoms with Crippen molar-refractivity contribution in [3.63, 3.8) is 0 Å². The molecule has 4 rings (SSSR count). The van der Waals surface area contributed by atoms with E-state index in [1.807, 2.05) is 12.1 Å². The number of nitrogens with one attached hydrogen (secondary N) is 3. The third-order valence-electron chi connectivity index (χ3n) is 4.24. The van der Waals surface area contributed by atoms with E-state index in [0.717, 1.165) is 6.07 Å². The number of amides is 1. The number of hydrogen-bond acceptors (Lipinski definition) is 4. The SMILES string of the molecule is COc1ccccc1Oc1ccc(NC(=O)c2cc(F)cc3[nH]c(=S)[nH]c23)cc1. The highest BCUT2D eigenvalue weighted by Gasteiger charge is 2.14. The Morgan fingerprint density at radius 2 is 1.76 bits per heavy atom. The highest BCUT2D eigenvalue weighted by atomic mass is 32.1. The zero-order chi connectivity index (χ0) is 20.4. The van der Waals surface area contributed by atoms with Crippen molar-refractivity contribution in [2.24, 2.45) is 0 Å². The first-order valence-electron chi connectivity index (χ1n) is 8.67. The number of imidazole rings is 1. The number of fused-ring (bicyclic) bond motifs is 1. The van der Waals surface area contributed by atoms with E-state index in [0.29, 0.717) is 38.7 Å². The Hall–Kier alpha value is -3.65. The minimum Gasteiger partial charge on any atom is -0.493 e. The summed E-state index contributed by atoms with van der Waals surface area (Å²) in [5.41, 5.74) is 1.57. The number of aromatic nitrogens is 2. The molecule has 0 bridgehead atoms.